The number of phenols is 2. The third-order valence-corrected chi connectivity index (χ3v) is 2.65. The summed E-state index contributed by atoms with van der Waals surface area (Å²) in [5.74, 6) is 0.179. The van der Waals surface area contributed by atoms with Crippen LogP contribution in [0.1, 0.15) is 11.1 Å². The van der Waals surface area contributed by atoms with E-state index < -0.39 is 0 Å². The lowest BCUT2D eigenvalue weighted by Crippen LogP contribution is -1.85. The van der Waals surface area contributed by atoms with Gasteiger partial charge in [0, 0.05) is 11.6 Å². The molecule has 0 aliphatic heterocycles. The van der Waals surface area contributed by atoms with Gasteiger partial charge in [-0.1, -0.05) is 23.8 Å². The summed E-state index contributed by atoms with van der Waals surface area (Å²) >= 11 is 0. The number of aryl methyl sites for hydroxylation is 2. The summed E-state index contributed by atoms with van der Waals surface area (Å²) in [5.41, 5.74) is 4.04. The Bertz CT molecular complexity index is 481. The molecule has 2 heteroatoms. The predicted octanol–water partition coefficient (Wildman–Crippen LogP) is 3.38. The van der Waals surface area contributed by atoms with Gasteiger partial charge in [-0.3, -0.25) is 0 Å². The van der Waals surface area contributed by atoms with E-state index in [4.69, 9.17) is 0 Å². The van der Waals surface area contributed by atoms with Gasteiger partial charge in [-0.2, -0.15) is 0 Å². The Morgan fingerprint density at radius 1 is 0.812 bits per heavy atom. The Hall–Kier alpha value is -1.96. The molecule has 0 aliphatic carbocycles. The molecule has 0 aromatic heterocycles. The maximum Gasteiger partial charge on any atom is 0.127 e. The fourth-order valence-electron chi connectivity index (χ4n) is 1.86. The highest BCUT2D eigenvalue weighted by Crippen LogP contribution is 2.33. The first-order chi connectivity index (χ1) is 7.58. The number of phenolic OH excluding ortho intramolecular Hbond substituents is 2. The number of rotatable bonds is 1. The molecule has 2 rings (SSSR count). The van der Waals surface area contributed by atoms with Crippen molar-refractivity contribution in [3.63, 3.8) is 0 Å². The standard InChI is InChI=1S/C14H14O2/c1-9-3-5-12(10(2)7-9)13-6-4-11(15)8-14(13)16/h3-8,15-16H,1-2H3. The van der Waals surface area contributed by atoms with Crippen LogP contribution in [-0.4, -0.2) is 10.2 Å². The van der Waals surface area contributed by atoms with E-state index in [2.05, 4.69) is 6.07 Å². The van der Waals surface area contributed by atoms with E-state index in [0.717, 1.165) is 16.7 Å². The van der Waals surface area contributed by atoms with Crippen LogP contribution in [0.25, 0.3) is 11.1 Å². The van der Waals surface area contributed by atoms with E-state index in [-0.39, 0.29) is 11.5 Å². The van der Waals surface area contributed by atoms with Crippen molar-refractivity contribution in [3.8, 4) is 22.6 Å². The van der Waals surface area contributed by atoms with Gasteiger partial charge in [0.25, 0.3) is 0 Å². The molecule has 0 saturated carbocycles. The van der Waals surface area contributed by atoms with Crippen LogP contribution in [0.2, 0.25) is 0 Å². The van der Waals surface area contributed by atoms with Crippen molar-refractivity contribution >= 4 is 0 Å². The van der Waals surface area contributed by atoms with Gasteiger partial charge in [0.2, 0.25) is 0 Å². The fourth-order valence-corrected chi connectivity index (χ4v) is 1.86. The Morgan fingerprint density at radius 2 is 1.50 bits per heavy atom. The van der Waals surface area contributed by atoms with Crippen LogP contribution in [0.5, 0.6) is 11.5 Å². The molecule has 2 nitrogen and oxygen atoms in total. The van der Waals surface area contributed by atoms with Crippen LogP contribution >= 0.6 is 0 Å². The number of hydrogen-bond donors (Lipinski definition) is 2. The quantitative estimate of drug-likeness (QED) is 0.764. The van der Waals surface area contributed by atoms with Gasteiger partial charge < -0.3 is 10.2 Å². The van der Waals surface area contributed by atoms with E-state index in [1.165, 1.54) is 11.6 Å². The lowest BCUT2D eigenvalue weighted by molar-refractivity contribution is 0.452. The second-order valence-electron chi connectivity index (χ2n) is 4.02. The predicted molar refractivity (Wildman–Crippen MR) is 64.7 cm³/mol. The zero-order valence-electron chi connectivity index (χ0n) is 9.36. The zero-order valence-corrected chi connectivity index (χ0v) is 9.36. The highest BCUT2D eigenvalue weighted by atomic mass is 16.3. The van der Waals surface area contributed by atoms with Crippen molar-refractivity contribution in [2.45, 2.75) is 13.8 Å². The molecule has 0 bridgehead atoms. The highest BCUT2D eigenvalue weighted by Gasteiger charge is 2.07. The van der Waals surface area contributed by atoms with Crippen molar-refractivity contribution < 1.29 is 10.2 Å². The zero-order chi connectivity index (χ0) is 11.7. The minimum atomic E-state index is 0.0750. The molecule has 0 heterocycles. The Kier molecular flexibility index (Phi) is 2.57. The van der Waals surface area contributed by atoms with Gasteiger partial charge in [0.15, 0.2) is 0 Å². The first-order valence-corrected chi connectivity index (χ1v) is 5.17. The van der Waals surface area contributed by atoms with Gasteiger partial charge in [0.05, 0.1) is 0 Å². The van der Waals surface area contributed by atoms with E-state index in [0.29, 0.717) is 0 Å². The summed E-state index contributed by atoms with van der Waals surface area (Å²) in [5, 5.41) is 19.0. The molecule has 0 spiro atoms. The maximum absolute atomic E-state index is 9.78. The fraction of sp³-hybridized carbons (Fsp3) is 0.143. The molecular weight excluding hydrogens is 200 g/mol. The average molecular weight is 214 g/mol. The van der Waals surface area contributed by atoms with Crippen molar-refractivity contribution in [2.24, 2.45) is 0 Å². The number of hydrogen-bond acceptors (Lipinski definition) is 2. The number of aromatic hydroxyl groups is 2. The molecule has 0 atom stereocenters. The van der Waals surface area contributed by atoms with Gasteiger partial charge >= 0.3 is 0 Å². The van der Waals surface area contributed by atoms with Crippen molar-refractivity contribution in [1.29, 1.82) is 0 Å². The Balaban J connectivity index is 2.59. The van der Waals surface area contributed by atoms with Gasteiger partial charge in [-0.25, -0.2) is 0 Å². The molecule has 0 aliphatic rings. The molecule has 2 aromatic rings. The number of benzene rings is 2. The third kappa shape index (κ3) is 1.87. The molecule has 2 N–H and O–H groups in total. The largest absolute Gasteiger partial charge is 0.508 e. The Morgan fingerprint density at radius 3 is 2.12 bits per heavy atom. The molecule has 0 saturated heterocycles. The smallest absolute Gasteiger partial charge is 0.127 e. The lowest BCUT2D eigenvalue weighted by Gasteiger charge is -2.09. The summed E-state index contributed by atoms with van der Waals surface area (Å²) in [6.07, 6.45) is 0. The minimum absolute atomic E-state index is 0.0750. The molecule has 0 unspecified atom stereocenters. The lowest BCUT2D eigenvalue weighted by atomic mass is 9.98. The SMILES string of the molecule is Cc1ccc(-c2ccc(O)cc2O)c(C)c1. The van der Waals surface area contributed by atoms with E-state index in [1.54, 1.807) is 12.1 Å². The van der Waals surface area contributed by atoms with E-state index in [1.807, 2.05) is 26.0 Å². The van der Waals surface area contributed by atoms with Crippen LogP contribution in [0.15, 0.2) is 36.4 Å². The van der Waals surface area contributed by atoms with Gasteiger partial charge in [-0.15, -0.1) is 0 Å². The molecule has 0 amide bonds. The molecule has 0 radical (unpaired) electrons. The van der Waals surface area contributed by atoms with Crippen LogP contribution in [-0.2, 0) is 0 Å². The van der Waals surface area contributed by atoms with Crippen molar-refractivity contribution in [2.75, 3.05) is 0 Å². The average Bonchev–Trinajstić information content (AvgIpc) is 2.19. The van der Waals surface area contributed by atoms with Crippen molar-refractivity contribution in [1.82, 2.24) is 0 Å². The van der Waals surface area contributed by atoms with Crippen LogP contribution in [0.3, 0.4) is 0 Å². The molecule has 0 fully saturated rings. The van der Waals surface area contributed by atoms with Gasteiger partial charge in [-0.05, 0) is 37.1 Å². The maximum atomic E-state index is 9.78. The summed E-state index contributed by atoms with van der Waals surface area (Å²) in [4.78, 5) is 0. The topological polar surface area (TPSA) is 40.5 Å². The molecule has 82 valence electrons. The second-order valence-corrected chi connectivity index (χ2v) is 4.02. The van der Waals surface area contributed by atoms with E-state index in [9.17, 15) is 10.2 Å². The summed E-state index contributed by atoms with van der Waals surface area (Å²) in [6, 6.07) is 10.7. The second kappa shape index (κ2) is 3.89. The molecular formula is C14H14O2. The first kappa shape index (κ1) is 10.6. The van der Waals surface area contributed by atoms with Crippen LogP contribution in [0, 0.1) is 13.8 Å². The minimum Gasteiger partial charge on any atom is -0.508 e. The van der Waals surface area contributed by atoms with Gasteiger partial charge in [0.1, 0.15) is 11.5 Å². The summed E-state index contributed by atoms with van der Waals surface area (Å²) in [6.45, 7) is 4.04. The van der Waals surface area contributed by atoms with Crippen molar-refractivity contribution in [3.05, 3.63) is 47.5 Å². The highest BCUT2D eigenvalue weighted by molar-refractivity contribution is 5.73. The molecule has 2 aromatic carbocycles. The monoisotopic (exact) mass is 214 g/mol. The normalized spacial score (nSPS) is 10.4. The Labute approximate surface area is 94.8 Å². The molecule has 16 heavy (non-hydrogen) atoms. The first-order valence-electron chi connectivity index (χ1n) is 5.17. The van der Waals surface area contributed by atoms with E-state index >= 15 is 0 Å². The summed E-state index contributed by atoms with van der Waals surface area (Å²) < 4.78 is 0. The van der Waals surface area contributed by atoms with Crippen LogP contribution in [0.4, 0.5) is 0 Å². The van der Waals surface area contributed by atoms with Crippen LogP contribution < -0.4 is 0 Å². The third-order valence-electron chi connectivity index (χ3n) is 2.65. The summed E-state index contributed by atoms with van der Waals surface area (Å²) in [7, 11) is 0.